The summed E-state index contributed by atoms with van der Waals surface area (Å²) in [6, 6.07) is 10.6. The van der Waals surface area contributed by atoms with Crippen LogP contribution in [0.5, 0.6) is 0 Å². The molecule has 1 atom stereocenters. The van der Waals surface area contributed by atoms with Crippen LogP contribution < -0.4 is 11.1 Å². The largest absolute Gasteiger partial charge is 0.440 e. The van der Waals surface area contributed by atoms with Crippen molar-refractivity contribution in [2.45, 2.75) is 19.4 Å². The SMILES string of the molecule is NC(=O)C1CCCN(Cc2ccccc2NC(=O)c2ccc(Cl)o2)C1. The van der Waals surface area contributed by atoms with Crippen molar-refractivity contribution < 1.29 is 14.0 Å². The second-order valence-corrected chi connectivity index (χ2v) is 6.56. The molecule has 3 N–H and O–H groups in total. The minimum atomic E-state index is -0.354. The lowest BCUT2D eigenvalue weighted by molar-refractivity contribution is -0.123. The molecule has 132 valence electrons. The number of nitrogens with two attached hydrogens (primary N) is 1. The topological polar surface area (TPSA) is 88.6 Å². The van der Waals surface area contributed by atoms with Gasteiger partial charge in [0.15, 0.2) is 11.0 Å². The van der Waals surface area contributed by atoms with Crippen LogP contribution in [0.15, 0.2) is 40.8 Å². The fourth-order valence-electron chi connectivity index (χ4n) is 3.07. The van der Waals surface area contributed by atoms with Crippen LogP contribution >= 0.6 is 11.6 Å². The summed E-state index contributed by atoms with van der Waals surface area (Å²) in [6.45, 7) is 2.18. The summed E-state index contributed by atoms with van der Waals surface area (Å²) in [5.74, 6) is -0.554. The highest BCUT2D eigenvalue weighted by Gasteiger charge is 2.24. The van der Waals surface area contributed by atoms with E-state index < -0.39 is 0 Å². The second kappa shape index (κ2) is 7.72. The Bertz CT molecular complexity index is 774. The van der Waals surface area contributed by atoms with E-state index in [0.717, 1.165) is 24.9 Å². The molecule has 6 nitrogen and oxygen atoms in total. The number of anilines is 1. The van der Waals surface area contributed by atoms with Crippen LogP contribution in [0.4, 0.5) is 5.69 Å². The Morgan fingerprint density at radius 3 is 2.80 bits per heavy atom. The number of benzene rings is 1. The molecule has 0 radical (unpaired) electrons. The summed E-state index contributed by atoms with van der Waals surface area (Å²) in [4.78, 5) is 25.9. The van der Waals surface area contributed by atoms with Gasteiger partial charge in [0.1, 0.15) is 0 Å². The van der Waals surface area contributed by atoms with E-state index in [0.29, 0.717) is 18.8 Å². The standard InChI is InChI=1S/C18H20ClN3O3/c19-16-8-7-15(25-16)18(24)21-14-6-2-1-4-12(14)10-22-9-3-5-13(11-22)17(20)23/h1-2,4,6-8,13H,3,5,9-11H2,(H2,20,23)(H,21,24). The zero-order valence-corrected chi connectivity index (χ0v) is 14.5. The molecule has 0 spiro atoms. The Balaban J connectivity index is 1.70. The van der Waals surface area contributed by atoms with Crippen molar-refractivity contribution in [2.75, 3.05) is 18.4 Å². The van der Waals surface area contributed by atoms with Crippen LogP contribution in [0.1, 0.15) is 29.0 Å². The lowest BCUT2D eigenvalue weighted by Crippen LogP contribution is -2.40. The number of amides is 2. The predicted molar refractivity (Wildman–Crippen MR) is 95.3 cm³/mol. The Morgan fingerprint density at radius 2 is 2.08 bits per heavy atom. The number of furan rings is 1. The molecule has 7 heteroatoms. The second-order valence-electron chi connectivity index (χ2n) is 6.19. The van der Waals surface area contributed by atoms with Crippen LogP contribution in [-0.4, -0.2) is 29.8 Å². The van der Waals surface area contributed by atoms with Gasteiger partial charge in [-0.25, -0.2) is 0 Å². The summed E-state index contributed by atoms with van der Waals surface area (Å²) in [5.41, 5.74) is 7.12. The maximum Gasteiger partial charge on any atom is 0.291 e. The number of halogens is 1. The van der Waals surface area contributed by atoms with Crippen LogP contribution in [-0.2, 0) is 11.3 Å². The third-order valence-corrected chi connectivity index (χ3v) is 4.57. The van der Waals surface area contributed by atoms with Gasteiger partial charge >= 0.3 is 0 Å². The number of rotatable bonds is 5. The number of para-hydroxylation sites is 1. The third-order valence-electron chi connectivity index (χ3n) is 4.36. The quantitative estimate of drug-likeness (QED) is 0.857. The van der Waals surface area contributed by atoms with E-state index in [9.17, 15) is 9.59 Å². The first-order valence-corrected chi connectivity index (χ1v) is 8.57. The summed E-state index contributed by atoms with van der Waals surface area (Å²) in [6.07, 6.45) is 1.77. The molecule has 2 heterocycles. The number of hydrogen-bond donors (Lipinski definition) is 2. The lowest BCUT2D eigenvalue weighted by Gasteiger charge is -2.31. The van der Waals surface area contributed by atoms with Crippen LogP contribution in [0.3, 0.4) is 0 Å². The van der Waals surface area contributed by atoms with Gasteiger partial charge in [-0.1, -0.05) is 18.2 Å². The molecule has 1 aromatic heterocycles. The number of hydrogen-bond acceptors (Lipinski definition) is 4. The molecule has 0 aliphatic carbocycles. The van der Waals surface area contributed by atoms with Gasteiger partial charge in [-0.15, -0.1) is 0 Å². The number of nitrogens with zero attached hydrogens (tertiary/aromatic N) is 1. The monoisotopic (exact) mass is 361 g/mol. The molecule has 1 unspecified atom stereocenters. The molecule has 2 amide bonds. The van der Waals surface area contributed by atoms with Crippen molar-refractivity contribution in [3.05, 3.63) is 52.9 Å². The fourth-order valence-corrected chi connectivity index (χ4v) is 3.22. The van der Waals surface area contributed by atoms with Gasteiger partial charge in [0, 0.05) is 18.8 Å². The molecule has 0 saturated carbocycles. The Kier molecular flexibility index (Phi) is 5.40. The van der Waals surface area contributed by atoms with Crippen LogP contribution in [0, 0.1) is 5.92 Å². The summed E-state index contributed by atoms with van der Waals surface area (Å²) in [5, 5.41) is 3.02. The van der Waals surface area contributed by atoms with E-state index in [1.165, 1.54) is 12.1 Å². The van der Waals surface area contributed by atoms with Crippen molar-refractivity contribution in [3.8, 4) is 0 Å². The number of carbonyl (C=O) groups is 2. The predicted octanol–water partition coefficient (Wildman–Crippen LogP) is 2.88. The molecular weight excluding hydrogens is 342 g/mol. The first-order chi connectivity index (χ1) is 12.0. The van der Waals surface area contributed by atoms with E-state index in [2.05, 4.69) is 10.2 Å². The van der Waals surface area contributed by atoms with Gasteiger partial charge in [0.05, 0.1) is 5.92 Å². The van der Waals surface area contributed by atoms with Crippen molar-refractivity contribution in [1.82, 2.24) is 4.90 Å². The van der Waals surface area contributed by atoms with Crippen LogP contribution in [0.2, 0.25) is 5.22 Å². The average Bonchev–Trinajstić information content (AvgIpc) is 3.03. The zero-order valence-electron chi connectivity index (χ0n) is 13.7. The average molecular weight is 362 g/mol. The maximum absolute atomic E-state index is 12.3. The maximum atomic E-state index is 12.3. The normalized spacial score (nSPS) is 18.0. The summed E-state index contributed by atoms with van der Waals surface area (Å²) >= 11 is 5.72. The van der Waals surface area contributed by atoms with Gasteiger partial charge in [-0.2, -0.15) is 0 Å². The molecule has 2 aromatic rings. The number of likely N-dealkylation sites (tertiary alicyclic amines) is 1. The molecule has 1 aliphatic rings. The molecule has 3 rings (SSSR count). The molecule has 25 heavy (non-hydrogen) atoms. The van der Waals surface area contributed by atoms with Gasteiger partial charge in [-0.3, -0.25) is 14.5 Å². The van der Waals surface area contributed by atoms with E-state index >= 15 is 0 Å². The highest BCUT2D eigenvalue weighted by atomic mass is 35.5. The molecule has 1 fully saturated rings. The molecule has 1 aliphatic heterocycles. The van der Waals surface area contributed by atoms with Crippen molar-refractivity contribution in [3.63, 3.8) is 0 Å². The van der Waals surface area contributed by atoms with Crippen molar-refractivity contribution in [2.24, 2.45) is 11.7 Å². The number of primary amides is 1. The molecular formula is C18H20ClN3O3. The number of carbonyl (C=O) groups excluding carboxylic acids is 2. The first-order valence-electron chi connectivity index (χ1n) is 8.19. The van der Waals surface area contributed by atoms with Gasteiger partial charge in [-0.05, 0) is 54.7 Å². The lowest BCUT2D eigenvalue weighted by atomic mass is 9.97. The smallest absolute Gasteiger partial charge is 0.291 e. The van der Waals surface area contributed by atoms with Gasteiger partial charge in [0.2, 0.25) is 5.91 Å². The molecule has 1 aromatic carbocycles. The zero-order chi connectivity index (χ0) is 17.8. The Labute approximate surface area is 150 Å². The minimum absolute atomic E-state index is 0.110. The van der Waals surface area contributed by atoms with E-state index in [1.807, 2.05) is 24.3 Å². The summed E-state index contributed by atoms with van der Waals surface area (Å²) in [7, 11) is 0. The Hall–Kier alpha value is -2.31. The molecule has 0 bridgehead atoms. The van der Waals surface area contributed by atoms with E-state index in [-0.39, 0.29) is 28.7 Å². The van der Waals surface area contributed by atoms with Crippen LogP contribution in [0.25, 0.3) is 0 Å². The van der Waals surface area contributed by atoms with E-state index in [4.69, 9.17) is 21.8 Å². The minimum Gasteiger partial charge on any atom is -0.440 e. The van der Waals surface area contributed by atoms with E-state index in [1.54, 1.807) is 0 Å². The van der Waals surface area contributed by atoms with Gasteiger partial charge in [0.25, 0.3) is 5.91 Å². The molecule has 1 saturated heterocycles. The highest BCUT2D eigenvalue weighted by molar-refractivity contribution is 6.29. The summed E-state index contributed by atoms with van der Waals surface area (Å²) < 4.78 is 5.14. The highest BCUT2D eigenvalue weighted by Crippen LogP contribution is 2.23. The third kappa shape index (κ3) is 4.41. The number of nitrogens with one attached hydrogen (secondary N) is 1. The first kappa shape index (κ1) is 17.5. The Morgan fingerprint density at radius 1 is 1.28 bits per heavy atom. The fraction of sp³-hybridized carbons (Fsp3) is 0.333. The van der Waals surface area contributed by atoms with Crippen molar-refractivity contribution in [1.29, 1.82) is 0 Å². The van der Waals surface area contributed by atoms with Gasteiger partial charge < -0.3 is 15.5 Å². The number of piperidine rings is 1. The van der Waals surface area contributed by atoms with Crippen molar-refractivity contribution >= 4 is 29.1 Å².